The number of carbonyl (C=O) groups is 2. The minimum atomic E-state index is -1.46. The van der Waals surface area contributed by atoms with Crippen molar-refractivity contribution in [3.63, 3.8) is 0 Å². The van der Waals surface area contributed by atoms with Crippen molar-refractivity contribution in [2.75, 3.05) is 18.4 Å². The molecule has 1 aliphatic heterocycles. The summed E-state index contributed by atoms with van der Waals surface area (Å²) >= 11 is 0. The second-order valence-electron chi connectivity index (χ2n) is 10.2. The van der Waals surface area contributed by atoms with Gasteiger partial charge in [0, 0.05) is 32.3 Å². The van der Waals surface area contributed by atoms with E-state index in [9.17, 15) is 14.9 Å². The quantitative estimate of drug-likeness (QED) is 0.434. The molecule has 2 aromatic carbocycles. The third-order valence-electron chi connectivity index (χ3n) is 7.65. The van der Waals surface area contributed by atoms with Crippen LogP contribution in [0.4, 0.5) is 10.2 Å². The highest BCUT2D eigenvalue weighted by Gasteiger charge is 2.51. The average molecular weight is 526 g/mol. The van der Waals surface area contributed by atoms with Gasteiger partial charge >= 0.3 is 0 Å². The molecule has 3 aromatic rings. The Labute approximate surface area is 225 Å². The van der Waals surface area contributed by atoms with Crippen LogP contribution in [0.15, 0.2) is 60.8 Å². The molecule has 9 nitrogen and oxygen atoms in total. The smallest absolute Gasteiger partial charge is 0.254 e. The standard InChI is InChI=1S/C29H28FN7O2/c1-33-24-15-22(24)28(39)34-27-23(26(32)38)17-37(35-27)29(11-13-31)12-14-36(18-25(29)30)16-19-7-9-21(10-8-19)20-5-3-2-4-6-20/h2-10,17,22,24-25H,11-12,14-16,18H2,(H2,32,38)(H,34,35,39)/t22-,24-,25?,29?/m0/s1. The van der Waals surface area contributed by atoms with E-state index >= 15 is 4.39 Å². The van der Waals surface area contributed by atoms with E-state index in [2.05, 4.69) is 33.5 Å². The largest absolute Gasteiger partial charge is 0.365 e. The first-order chi connectivity index (χ1) is 18.8. The van der Waals surface area contributed by atoms with Crippen molar-refractivity contribution >= 4 is 17.6 Å². The van der Waals surface area contributed by atoms with Crippen LogP contribution in [-0.4, -0.2) is 51.8 Å². The predicted octanol–water partition coefficient (Wildman–Crippen LogP) is 3.75. The van der Waals surface area contributed by atoms with Gasteiger partial charge in [-0.15, -0.1) is 0 Å². The van der Waals surface area contributed by atoms with E-state index in [0.29, 0.717) is 19.5 Å². The van der Waals surface area contributed by atoms with Gasteiger partial charge in [-0.2, -0.15) is 10.4 Å². The molecule has 4 atom stereocenters. The van der Waals surface area contributed by atoms with Crippen LogP contribution in [0.5, 0.6) is 0 Å². The van der Waals surface area contributed by atoms with Gasteiger partial charge in [0.05, 0.1) is 12.5 Å². The molecule has 0 spiro atoms. The Kier molecular flexibility index (Phi) is 7.14. The number of benzene rings is 2. The summed E-state index contributed by atoms with van der Waals surface area (Å²) in [6.07, 6.45) is 0.410. The first-order valence-electron chi connectivity index (χ1n) is 12.8. The first kappa shape index (κ1) is 26.1. The molecule has 39 heavy (non-hydrogen) atoms. The van der Waals surface area contributed by atoms with Gasteiger partial charge in [0.2, 0.25) is 11.9 Å². The summed E-state index contributed by atoms with van der Waals surface area (Å²) in [6, 6.07) is 19.9. The van der Waals surface area contributed by atoms with Crippen molar-refractivity contribution in [1.82, 2.24) is 14.7 Å². The third-order valence-corrected chi connectivity index (χ3v) is 7.65. The zero-order valence-corrected chi connectivity index (χ0v) is 21.3. The lowest BCUT2D eigenvalue weighted by molar-refractivity contribution is -0.117. The Morgan fingerprint density at radius 2 is 1.92 bits per heavy atom. The lowest BCUT2D eigenvalue weighted by Gasteiger charge is -2.43. The number of nitrogens with two attached hydrogens (primary N) is 1. The monoisotopic (exact) mass is 525 g/mol. The van der Waals surface area contributed by atoms with Gasteiger partial charge < -0.3 is 15.9 Å². The molecule has 198 valence electrons. The normalized spacial score (nSPS) is 24.3. The third kappa shape index (κ3) is 5.25. The topological polar surface area (TPSA) is 121 Å². The number of halogens is 1. The second-order valence-corrected chi connectivity index (χ2v) is 10.2. The van der Waals surface area contributed by atoms with Crippen LogP contribution in [0.2, 0.25) is 0 Å². The van der Waals surface area contributed by atoms with Crippen molar-refractivity contribution in [2.24, 2.45) is 11.7 Å². The molecular weight excluding hydrogens is 497 g/mol. The number of nitrogens with one attached hydrogen (secondary N) is 1. The lowest BCUT2D eigenvalue weighted by Crippen LogP contribution is -2.54. The lowest BCUT2D eigenvalue weighted by atomic mass is 9.83. The Hall–Kier alpha value is -4.54. The predicted molar refractivity (Wildman–Crippen MR) is 143 cm³/mol. The van der Waals surface area contributed by atoms with E-state index in [4.69, 9.17) is 12.3 Å². The van der Waals surface area contributed by atoms with Gasteiger partial charge in [-0.1, -0.05) is 54.6 Å². The van der Waals surface area contributed by atoms with E-state index in [0.717, 1.165) is 16.7 Å². The van der Waals surface area contributed by atoms with Crippen LogP contribution < -0.4 is 11.1 Å². The highest BCUT2D eigenvalue weighted by molar-refractivity contribution is 6.03. The SMILES string of the molecule is [C-]#[N+][C@H]1C[C@@H]1C(=O)Nc1nn(C2(CC#N)CCN(Cc3ccc(-c4ccccc4)cc3)CC2F)cc1C(N)=O. The number of alkyl halides is 1. The number of amides is 2. The molecular formula is C29H28FN7O2. The maximum Gasteiger partial charge on any atom is 0.254 e. The highest BCUT2D eigenvalue weighted by Crippen LogP contribution is 2.38. The molecule has 1 aliphatic carbocycles. The highest BCUT2D eigenvalue weighted by atomic mass is 19.1. The number of nitriles is 1. The summed E-state index contributed by atoms with van der Waals surface area (Å²) in [5.41, 5.74) is 7.43. The molecule has 1 saturated heterocycles. The summed E-state index contributed by atoms with van der Waals surface area (Å²) in [5, 5.41) is 16.5. The summed E-state index contributed by atoms with van der Waals surface area (Å²) in [6.45, 7) is 8.20. The molecule has 10 heteroatoms. The Morgan fingerprint density at radius 3 is 2.54 bits per heavy atom. The average Bonchev–Trinajstić information content (AvgIpc) is 3.62. The van der Waals surface area contributed by atoms with Crippen LogP contribution in [-0.2, 0) is 16.9 Å². The van der Waals surface area contributed by atoms with Crippen molar-refractivity contribution in [1.29, 1.82) is 5.26 Å². The van der Waals surface area contributed by atoms with Gasteiger partial charge in [0.1, 0.15) is 23.2 Å². The van der Waals surface area contributed by atoms with Crippen molar-refractivity contribution in [3.8, 4) is 17.2 Å². The number of carbonyl (C=O) groups excluding carboxylic acids is 2. The van der Waals surface area contributed by atoms with E-state index in [-0.39, 0.29) is 36.8 Å². The Bertz CT molecular complexity index is 1460. The van der Waals surface area contributed by atoms with Gasteiger partial charge in [-0.25, -0.2) is 11.0 Å². The van der Waals surface area contributed by atoms with Crippen molar-refractivity contribution in [2.45, 2.75) is 43.6 Å². The van der Waals surface area contributed by atoms with E-state index in [1.807, 2.05) is 47.4 Å². The van der Waals surface area contributed by atoms with Gasteiger partial charge in [0.15, 0.2) is 5.82 Å². The molecule has 5 rings (SSSR count). The van der Waals surface area contributed by atoms with Crippen LogP contribution in [0.25, 0.3) is 16.0 Å². The molecule has 3 N–H and O–H groups in total. The number of rotatable bonds is 8. The fraction of sp³-hybridized carbons (Fsp3) is 0.345. The van der Waals surface area contributed by atoms with Crippen LogP contribution in [0.3, 0.4) is 0 Å². The fourth-order valence-electron chi connectivity index (χ4n) is 5.20. The minimum Gasteiger partial charge on any atom is -0.365 e. The molecule has 0 radical (unpaired) electrons. The molecule has 2 fully saturated rings. The second kappa shape index (κ2) is 10.7. The van der Waals surface area contributed by atoms with Crippen LogP contribution in [0, 0.1) is 23.8 Å². The molecule has 0 bridgehead atoms. The van der Waals surface area contributed by atoms with E-state index < -0.39 is 29.4 Å². The van der Waals surface area contributed by atoms with Gasteiger partial charge in [-0.05, 0) is 23.1 Å². The molecule has 2 unspecified atom stereocenters. The zero-order valence-electron chi connectivity index (χ0n) is 21.3. The number of piperidine rings is 1. The van der Waals surface area contributed by atoms with E-state index in [1.54, 1.807) is 0 Å². The maximum atomic E-state index is 16.0. The summed E-state index contributed by atoms with van der Waals surface area (Å²) < 4.78 is 17.3. The maximum absolute atomic E-state index is 16.0. The van der Waals surface area contributed by atoms with Gasteiger partial charge in [0.25, 0.3) is 5.91 Å². The number of aromatic nitrogens is 2. The van der Waals surface area contributed by atoms with Crippen molar-refractivity contribution in [3.05, 3.63) is 83.3 Å². The number of likely N-dealkylation sites (tertiary alicyclic amines) is 1. The molecule has 2 aliphatic rings. The molecule has 2 heterocycles. The summed E-state index contributed by atoms with van der Waals surface area (Å²) in [5.74, 6) is -1.80. The Balaban J connectivity index is 1.31. The number of hydrogen-bond acceptors (Lipinski definition) is 5. The number of anilines is 1. The zero-order chi connectivity index (χ0) is 27.6. The molecule has 2 amide bonds. The number of primary amides is 1. The fourth-order valence-corrected chi connectivity index (χ4v) is 5.20. The van der Waals surface area contributed by atoms with Crippen LogP contribution in [0.1, 0.15) is 35.2 Å². The first-order valence-corrected chi connectivity index (χ1v) is 12.8. The Morgan fingerprint density at radius 1 is 1.21 bits per heavy atom. The van der Waals surface area contributed by atoms with Gasteiger partial charge in [-0.3, -0.25) is 19.2 Å². The summed E-state index contributed by atoms with van der Waals surface area (Å²) in [4.78, 5) is 30.0. The number of nitrogens with zero attached hydrogens (tertiary/aromatic N) is 5. The van der Waals surface area contributed by atoms with Crippen molar-refractivity contribution < 1.29 is 14.0 Å². The number of hydrogen-bond donors (Lipinski definition) is 2. The van der Waals surface area contributed by atoms with E-state index in [1.165, 1.54) is 10.9 Å². The van der Waals surface area contributed by atoms with Crippen LogP contribution >= 0.6 is 0 Å². The minimum absolute atomic E-state index is 0.0613. The molecule has 1 saturated carbocycles. The molecule has 1 aromatic heterocycles. The summed E-state index contributed by atoms with van der Waals surface area (Å²) in [7, 11) is 0.